The van der Waals surface area contributed by atoms with Crippen molar-refractivity contribution < 1.29 is 14.5 Å². The second-order valence-corrected chi connectivity index (χ2v) is 7.40. The summed E-state index contributed by atoms with van der Waals surface area (Å²) in [5, 5.41) is 15.9. The quantitative estimate of drug-likeness (QED) is 0.406. The maximum absolute atomic E-state index is 13.4. The van der Waals surface area contributed by atoms with E-state index in [4.69, 9.17) is 4.74 Å². The molecule has 0 aliphatic heterocycles. The van der Waals surface area contributed by atoms with E-state index in [9.17, 15) is 14.9 Å². The van der Waals surface area contributed by atoms with Crippen LogP contribution in [0.5, 0.6) is 5.88 Å². The monoisotopic (exact) mass is 385 g/mol. The topological polar surface area (TPSA) is 87.3 Å². The summed E-state index contributed by atoms with van der Waals surface area (Å²) in [6.45, 7) is 12.9. The zero-order valence-corrected chi connectivity index (χ0v) is 17.7. The third-order valence-electron chi connectivity index (χ3n) is 4.75. The molecule has 1 aromatic carbocycles. The average Bonchev–Trinajstić information content (AvgIpc) is 2.85. The van der Waals surface area contributed by atoms with Gasteiger partial charge in [0.2, 0.25) is 11.7 Å². The second kappa shape index (κ2) is 7.96. The van der Waals surface area contributed by atoms with Crippen LogP contribution in [0, 0.1) is 24.0 Å². The number of hydrogen-bond acceptors (Lipinski definition) is 5. The minimum atomic E-state index is -0.411. The molecule has 2 aromatic rings. The van der Waals surface area contributed by atoms with Gasteiger partial charge < -0.3 is 4.74 Å². The van der Waals surface area contributed by atoms with Crippen molar-refractivity contribution in [2.75, 3.05) is 0 Å². The van der Waals surface area contributed by atoms with E-state index in [0.717, 1.165) is 11.1 Å². The minimum Gasteiger partial charge on any atom is -0.475 e. The lowest BCUT2D eigenvalue weighted by Crippen LogP contribution is -2.14. The van der Waals surface area contributed by atoms with Crippen molar-refractivity contribution in [2.24, 2.45) is 7.05 Å². The molecule has 0 saturated heterocycles. The lowest BCUT2D eigenvalue weighted by atomic mass is 9.90. The Hall–Kier alpha value is -2.96. The number of rotatable bonds is 6. The van der Waals surface area contributed by atoms with Gasteiger partial charge in [-0.3, -0.25) is 14.9 Å². The number of carbonyl (C=O) groups is 1. The van der Waals surface area contributed by atoms with E-state index in [1.807, 2.05) is 34.6 Å². The molecule has 0 N–H and O–H groups in total. The summed E-state index contributed by atoms with van der Waals surface area (Å²) in [7, 11) is 1.73. The fraction of sp³-hybridized carbons (Fsp3) is 0.429. The number of hydrogen-bond donors (Lipinski definition) is 0. The summed E-state index contributed by atoms with van der Waals surface area (Å²) in [6.07, 6.45) is -0.122. The summed E-state index contributed by atoms with van der Waals surface area (Å²) in [5.74, 6) is 0.146. The average molecular weight is 385 g/mol. The first-order chi connectivity index (χ1) is 13.0. The number of ether oxygens (including phenoxy) is 1. The Morgan fingerprint density at radius 1 is 1.18 bits per heavy atom. The molecule has 0 saturated carbocycles. The van der Waals surface area contributed by atoms with Crippen molar-refractivity contribution in [3.8, 4) is 5.88 Å². The minimum absolute atomic E-state index is 0.00527. The van der Waals surface area contributed by atoms with E-state index in [2.05, 4.69) is 5.10 Å². The summed E-state index contributed by atoms with van der Waals surface area (Å²) >= 11 is 0. The van der Waals surface area contributed by atoms with Gasteiger partial charge in [-0.15, -0.1) is 0 Å². The molecule has 0 amide bonds. The van der Waals surface area contributed by atoms with Crippen LogP contribution in [0.2, 0.25) is 0 Å². The summed E-state index contributed by atoms with van der Waals surface area (Å²) < 4.78 is 7.37. The Kier molecular flexibility index (Phi) is 6.07. The van der Waals surface area contributed by atoms with E-state index in [0.29, 0.717) is 33.8 Å². The standard InChI is InChI=1S/C21H27N3O4/c1-11(2)13(5)18-14(6)16(9-10-17(18)24(26)27)20(25)19-15(7)22-23(8)21(19)28-12(3)4/h9-10,12H,1-8H3. The highest BCUT2D eigenvalue weighted by Gasteiger charge is 2.28. The molecular weight excluding hydrogens is 358 g/mol. The first-order valence-electron chi connectivity index (χ1n) is 9.14. The molecule has 0 fully saturated rings. The number of nitro benzene ring substituents is 1. The maximum Gasteiger partial charge on any atom is 0.277 e. The Morgan fingerprint density at radius 2 is 1.79 bits per heavy atom. The van der Waals surface area contributed by atoms with Crippen LogP contribution in [0.4, 0.5) is 5.69 Å². The van der Waals surface area contributed by atoms with Gasteiger partial charge in [-0.25, -0.2) is 4.68 Å². The number of benzene rings is 1. The predicted octanol–water partition coefficient (Wildman–Crippen LogP) is 4.78. The van der Waals surface area contributed by atoms with Crippen LogP contribution in [-0.4, -0.2) is 26.6 Å². The highest BCUT2D eigenvalue weighted by Crippen LogP contribution is 2.35. The number of aromatic nitrogens is 2. The molecule has 0 aliphatic carbocycles. The van der Waals surface area contributed by atoms with Gasteiger partial charge in [0.15, 0.2) is 0 Å². The number of nitrogens with zero attached hydrogens (tertiary/aromatic N) is 3. The Balaban J connectivity index is 2.74. The van der Waals surface area contributed by atoms with Crippen LogP contribution >= 0.6 is 0 Å². The molecule has 1 heterocycles. The number of nitro groups is 1. The Labute approximate surface area is 165 Å². The van der Waals surface area contributed by atoms with E-state index in [1.165, 1.54) is 12.1 Å². The lowest BCUT2D eigenvalue weighted by molar-refractivity contribution is -0.385. The molecule has 7 heteroatoms. The zero-order valence-electron chi connectivity index (χ0n) is 17.7. The predicted molar refractivity (Wildman–Crippen MR) is 109 cm³/mol. The third-order valence-corrected chi connectivity index (χ3v) is 4.75. The molecule has 0 bridgehead atoms. The van der Waals surface area contributed by atoms with Gasteiger partial charge in [-0.05, 0) is 65.7 Å². The van der Waals surface area contributed by atoms with Crippen LogP contribution in [0.25, 0.3) is 5.57 Å². The molecule has 0 atom stereocenters. The SMILES string of the molecule is CC(C)=C(C)c1c([N+](=O)[O-])ccc(C(=O)c2c(C)nn(C)c2OC(C)C)c1C. The van der Waals surface area contributed by atoms with Gasteiger partial charge >= 0.3 is 0 Å². The molecule has 150 valence electrons. The van der Waals surface area contributed by atoms with Gasteiger partial charge in [0.05, 0.1) is 22.3 Å². The molecular formula is C21H27N3O4. The van der Waals surface area contributed by atoms with Gasteiger partial charge in [0.25, 0.3) is 5.69 Å². The van der Waals surface area contributed by atoms with Crippen LogP contribution in [0.1, 0.15) is 67.4 Å². The van der Waals surface area contributed by atoms with Crippen molar-refractivity contribution in [2.45, 2.75) is 54.6 Å². The number of ketones is 1. The van der Waals surface area contributed by atoms with Crippen LogP contribution < -0.4 is 4.74 Å². The van der Waals surface area contributed by atoms with E-state index < -0.39 is 4.92 Å². The molecule has 7 nitrogen and oxygen atoms in total. The van der Waals surface area contributed by atoms with E-state index >= 15 is 0 Å². The van der Waals surface area contributed by atoms with Gasteiger partial charge in [-0.2, -0.15) is 5.10 Å². The zero-order chi connectivity index (χ0) is 21.3. The molecule has 0 radical (unpaired) electrons. The summed E-state index contributed by atoms with van der Waals surface area (Å²) in [6, 6.07) is 2.92. The molecule has 1 aromatic heterocycles. The highest BCUT2D eigenvalue weighted by molar-refractivity contribution is 6.12. The van der Waals surface area contributed by atoms with Crippen LogP contribution in [0.3, 0.4) is 0 Å². The lowest BCUT2D eigenvalue weighted by Gasteiger charge is -2.15. The van der Waals surface area contributed by atoms with Crippen molar-refractivity contribution in [1.82, 2.24) is 9.78 Å². The molecule has 0 spiro atoms. The Morgan fingerprint density at radius 3 is 2.29 bits per heavy atom. The smallest absolute Gasteiger partial charge is 0.277 e. The first-order valence-corrected chi connectivity index (χ1v) is 9.14. The number of carbonyl (C=O) groups excluding carboxylic acids is 1. The first kappa shape index (κ1) is 21.3. The van der Waals surface area contributed by atoms with Gasteiger partial charge in [-0.1, -0.05) is 5.57 Å². The van der Waals surface area contributed by atoms with Crippen LogP contribution in [0.15, 0.2) is 17.7 Å². The van der Waals surface area contributed by atoms with E-state index in [1.54, 1.807) is 25.6 Å². The summed E-state index contributed by atoms with van der Waals surface area (Å²) in [4.78, 5) is 24.5. The van der Waals surface area contributed by atoms with Crippen molar-refractivity contribution in [1.29, 1.82) is 0 Å². The maximum atomic E-state index is 13.4. The largest absolute Gasteiger partial charge is 0.475 e. The fourth-order valence-electron chi connectivity index (χ4n) is 3.21. The van der Waals surface area contributed by atoms with Gasteiger partial charge in [0.1, 0.15) is 5.56 Å². The van der Waals surface area contributed by atoms with Crippen molar-refractivity contribution in [3.63, 3.8) is 0 Å². The molecule has 0 unspecified atom stereocenters. The van der Waals surface area contributed by atoms with Crippen molar-refractivity contribution >= 4 is 17.0 Å². The van der Waals surface area contributed by atoms with Gasteiger partial charge in [0, 0.05) is 18.7 Å². The number of allylic oxidation sites excluding steroid dienone is 2. The second-order valence-electron chi connectivity index (χ2n) is 7.40. The highest BCUT2D eigenvalue weighted by atomic mass is 16.6. The fourth-order valence-corrected chi connectivity index (χ4v) is 3.21. The van der Waals surface area contributed by atoms with E-state index in [-0.39, 0.29) is 17.6 Å². The normalized spacial score (nSPS) is 10.9. The molecule has 0 aliphatic rings. The van der Waals surface area contributed by atoms with Crippen molar-refractivity contribution in [3.05, 3.63) is 55.8 Å². The third kappa shape index (κ3) is 3.83. The Bertz CT molecular complexity index is 980. The number of aryl methyl sites for hydroxylation is 2. The van der Waals surface area contributed by atoms with Crippen LogP contribution in [-0.2, 0) is 7.05 Å². The molecule has 28 heavy (non-hydrogen) atoms. The summed E-state index contributed by atoms with van der Waals surface area (Å²) in [5.41, 5.74) is 4.16. The molecule has 2 rings (SSSR count).